The number of para-hydroxylation sites is 2. The van der Waals surface area contributed by atoms with Crippen molar-refractivity contribution in [3.63, 3.8) is 0 Å². The second-order valence-electron chi connectivity index (χ2n) is 9.17. The predicted octanol–water partition coefficient (Wildman–Crippen LogP) is 6.90. The van der Waals surface area contributed by atoms with E-state index in [1.807, 2.05) is 66.7 Å². The van der Waals surface area contributed by atoms with Gasteiger partial charge in [-0.2, -0.15) is 0 Å². The molecular weight excluding hydrogens is 470 g/mol. The van der Waals surface area contributed by atoms with E-state index in [0.29, 0.717) is 17.7 Å². The first-order valence-corrected chi connectivity index (χ1v) is 12.2. The number of furan rings is 1. The van der Waals surface area contributed by atoms with Gasteiger partial charge in [0.1, 0.15) is 11.2 Å². The van der Waals surface area contributed by atoms with Gasteiger partial charge in [0.15, 0.2) is 5.78 Å². The lowest BCUT2D eigenvalue weighted by molar-refractivity contribution is 0.0107. The van der Waals surface area contributed by atoms with E-state index in [4.69, 9.17) is 9.15 Å². The van der Waals surface area contributed by atoms with Gasteiger partial charge >= 0.3 is 0 Å². The second kappa shape index (κ2) is 10.7. The van der Waals surface area contributed by atoms with Crippen LogP contribution in [0.5, 0.6) is 0 Å². The van der Waals surface area contributed by atoms with Crippen LogP contribution in [0.2, 0.25) is 0 Å². The number of ether oxygens (including phenoxy) is 1. The number of rotatable bonds is 6. The lowest BCUT2D eigenvalue weighted by atomic mass is 9.86. The Bertz CT molecular complexity index is 1490. The summed E-state index contributed by atoms with van der Waals surface area (Å²) in [5.41, 5.74) is 5.46. The summed E-state index contributed by atoms with van der Waals surface area (Å²) in [7, 11) is 0. The van der Waals surface area contributed by atoms with E-state index >= 15 is 0 Å². The summed E-state index contributed by atoms with van der Waals surface area (Å²) in [5.74, 6) is 0.260. The Hall–Kier alpha value is -3.44. The lowest BCUT2D eigenvalue weighted by Crippen LogP contribution is -2.41. The minimum atomic E-state index is 0. The van der Waals surface area contributed by atoms with Crippen molar-refractivity contribution in [3.05, 3.63) is 119 Å². The first kappa shape index (κ1) is 24.3. The topological polar surface area (TPSA) is 51.5 Å². The van der Waals surface area contributed by atoms with E-state index in [1.165, 1.54) is 5.56 Å². The minimum Gasteiger partial charge on any atom is -0.456 e. The van der Waals surface area contributed by atoms with E-state index in [1.54, 1.807) is 0 Å². The second-order valence-corrected chi connectivity index (χ2v) is 9.17. The maximum atomic E-state index is 12.9. The number of hydrogen-bond donors (Lipinski definition) is 1. The summed E-state index contributed by atoms with van der Waals surface area (Å²) >= 11 is 0. The van der Waals surface area contributed by atoms with Crippen molar-refractivity contribution in [2.24, 2.45) is 0 Å². The molecule has 1 saturated heterocycles. The number of fused-ring (bicyclic) bond motifs is 3. The first-order chi connectivity index (χ1) is 17.3. The molecule has 2 unspecified atom stereocenters. The average molecular weight is 498 g/mol. The number of piperidine rings is 1. The van der Waals surface area contributed by atoms with Crippen LogP contribution in [0.4, 0.5) is 0 Å². The SMILES string of the molecule is Cl.O=C(c1ccccc1)c1cccc(COC2CNCCC2c2cccc3c2oc2ccccc23)c1. The van der Waals surface area contributed by atoms with Crippen LogP contribution in [0.25, 0.3) is 21.9 Å². The Morgan fingerprint density at radius 2 is 1.61 bits per heavy atom. The quantitative estimate of drug-likeness (QED) is 0.259. The molecule has 6 rings (SSSR count). The molecule has 1 N–H and O–H groups in total. The van der Waals surface area contributed by atoms with Crippen LogP contribution in [-0.2, 0) is 11.3 Å². The highest BCUT2D eigenvalue weighted by atomic mass is 35.5. The van der Waals surface area contributed by atoms with Gasteiger partial charge in [-0.25, -0.2) is 0 Å². The molecule has 36 heavy (non-hydrogen) atoms. The van der Waals surface area contributed by atoms with Gasteiger partial charge in [0.25, 0.3) is 0 Å². The maximum Gasteiger partial charge on any atom is 0.193 e. The predicted molar refractivity (Wildman–Crippen MR) is 146 cm³/mol. The van der Waals surface area contributed by atoms with Gasteiger partial charge in [0, 0.05) is 39.9 Å². The normalized spacial score (nSPS) is 17.7. The molecule has 5 aromatic rings. The molecule has 1 aromatic heterocycles. The molecular formula is C31H28ClNO3. The third kappa shape index (κ3) is 4.68. The van der Waals surface area contributed by atoms with Gasteiger partial charge in [0.05, 0.1) is 12.7 Å². The Kier molecular flexibility index (Phi) is 7.19. The van der Waals surface area contributed by atoms with E-state index < -0.39 is 0 Å². The van der Waals surface area contributed by atoms with Crippen LogP contribution in [0.1, 0.15) is 39.4 Å². The van der Waals surface area contributed by atoms with Crippen molar-refractivity contribution in [1.82, 2.24) is 5.32 Å². The van der Waals surface area contributed by atoms with Gasteiger partial charge in [-0.1, -0.05) is 84.9 Å². The fourth-order valence-electron chi connectivity index (χ4n) is 5.18. The van der Waals surface area contributed by atoms with E-state index in [-0.39, 0.29) is 30.2 Å². The number of carbonyl (C=O) groups is 1. The fourth-order valence-corrected chi connectivity index (χ4v) is 5.18. The van der Waals surface area contributed by atoms with Crippen LogP contribution in [0, 0.1) is 0 Å². The Balaban J connectivity index is 0.00000267. The average Bonchev–Trinajstić information content (AvgIpc) is 3.31. The summed E-state index contributed by atoms with van der Waals surface area (Å²) in [6, 6.07) is 31.8. The van der Waals surface area contributed by atoms with Gasteiger partial charge in [-0.3, -0.25) is 4.79 Å². The molecule has 0 aliphatic carbocycles. The lowest BCUT2D eigenvalue weighted by Gasteiger charge is -2.32. The zero-order chi connectivity index (χ0) is 23.6. The van der Waals surface area contributed by atoms with Crippen LogP contribution in [-0.4, -0.2) is 25.0 Å². The fraction of sp³-hybridized carbons (Fsp3) is 0.194. The van der Waals surface area contributed by atoms with Crippen LogP contribution in [0.15, 0.2) is 101 Å². The van der Waals surface area contributed by atoms with Gasteiger partial charge in [-0.05, 0) is 30.7 Å². The molecule has 0 spiro atoms. The first-order valence-electron chi connectivity index (χ1n) is 12.2. The van der Waals surface area contributed by atoms with Crippen molar-refractivity contribution in [3.8, 4) is 0 Å². The van der Waals surface area contributed by atoms with Crippen molar-refractivity contribution in [2.75, 3.05) is 13.1 Å². The summed E-state index contributed by atoms with van der Waals surface area (Å²) in [6.45, 7) is 2.18. The number of carbonyl (C=O) groups excluding carboxylic acids is 1. The molecule has 4 aromatic carbocycles. The van der Waals surface area contributed by atoms with E-state index in [2.05, 4.69) is 35.6 Å². The van der Waals surface area contributed by atoms with Crippen LogP contribution < -0.4 is 5.32 Å². The molecule has 182 valence electrons. The summed E-state index contributed by atoms with van der Waals surface area (Å²) < 4.78 is 12.8. The monoisotopic (exact) mass is 497 g/mol. The Labute approximate surface area is 216 Å². The standard InChI is InChI=1S/C31H27NO3.ClH/c33-30(22-9-2-1-3-10-22)23-11-6-8-21(18-23)20-34-29-19-32-17-16-25(29)27-14-7-13-26-24-12-4-5-15-28(24)35-31(26)27;/h1-15,18,25,29,32H,16-17,19-20H2;1H. The van der Waals surface area contributed by atoms with Crippen molar-refractivity contribution in [1.29, 1.82) is 0 Å². The molecule has 1 aliphatic heterocycles. The maximum absolute atomic E-state index is 12.9. The molecule has 0 saturated carbocycles. The molecule has 5 heteroatoms. The van der Waals surface area contributed by atoms with Gasteiger partial charge in [0.2, 0.25) is 0 Å². The number of ketones is 1. The number of nitrogens with one attached hydrogen (secondary N) is 1. The van der Waals surface area contributed by atoms with Crippen LogP contribution >= 0.6 is 12.4 Å². The zero-order valence-electron chi connectivity index (χ0n) is 19.9. The van der Waals surface area contributed by atoms with E-state index in [9.17, 15) is 4.79 Å². The third-order valence-electron chi connectivity index (χ3n) is 6.95. The molecule has 1 aliphatic rings. The number of halogens is 1. The zero-order valence-corrected chi connectivity index (χ0v) is 20.7. The summed E-state index contributed by atoms with van der Waals surface area (Å²) in [5, 5.41) is 5.79. The van der Waals surface area contributed by atoms with Gasteiger partial charge in [-0.15, -0.1) is 12.4 Å². The number of hydrogen-bond acceptors (Lipinski definition) is 4. The number of benzene rings is 4. The Morgan fingerprint density at radius 3 is 2.50 bits per heavy atom. The van der Waals surface area contributed by atoms with Crippen molar-refractivity contribution in [2.45, 2.75) is 25.0 Å². The van der Waals surface area contributed by atoms with Crippen molar-refractivity contribution < 1.29 is 13.9 Å². The summed E-state index contributed by atoms with van der Waals surface area (Å²) in [6.07, 6.45) is 0.990. The molecule has 4 nitrogen and oxygen atoms in total. The third-order valence-corrected chi connectivity index (χ3v) is 6.95. The van der Waals surface area contributed by atoms with Crippen LogP contribution in [0.3, 0.4) is 0 Å². The molecule has 0 bridgehead atoms. The summed E-state index contributed by atoms with van der Waals surface area (Å²) in [4.78, 5) is 12.9. The smallest absolute Gasteiger partial charge is 0.193 e. The molecule has 0 radical (unpaired) electrons. The van der Waals surface area contributed by atoms with Gasteiger partial charge < -0.3 is 14.5 Å². The largest absolute Gasteiger partial charge is 0.456 e. The Morgan fingerprint density at radius 1 is 0.861 bits per heavy atom. The molecule has 0 amide bonds. The van der Waals surface area contributed by atoms with E-state index in [0.717, 1.165) is 47.0 Å². The molecule has 1 fully saturated rings. The highest BCUT2D eigenvalue weighted by Gasteiger charge is 2.30. The highest BCUT2D eigenvalue weighted by Crippen LogP contribution is 2.37. The molecule has 2 atom stereocenters. The minimum absolute atomic E-state index is 0. The highest BCUT2D eigenvalue weighted by molar-refractivity contribution is 6.09. The molecule has 2 heterocycles. The van der Waals surface area contributed by atoms with Crippen molar-refractivity contribution >= 4 is 40.1 Å².